The van der Waals surface area contributed by atoms with Gasteiger partial charge in [0.25, 0.3) is 0 Å². The van der Waals surface area contributed by atoms with Crippen LogP contribution in [0.3, 0.4) is 0 Å². The highest BCUT2D eigenvalue weighted by molar-refractivity contribution is 6.90. The minimum atomic E-state index is -1.77. The zero-order chi connectivity index (χ0) is 23.4. The molecular weight excluding hydrogens is 396 g/mol. The molecule has 0 aromatic heterocycles. The maximum atomic E-state index is 5.60. The lowest BCUT2D eigenvalue weighted by atomic mass is 9.91. The molecule has 0 atom stereocenters. The third-order valence-corrected chi connectivity index (χ3v) is 12.7. The molecule has 0 saturated carbocycles. The molecule has 0 unspecified atom stereocenters. The summed E-state index contributed by atoms with van der Waals surface area (Å²) in [5.74, 6) is 3.74. The summed E-state index contributed by atoms with van der Waals surface area (Å²) in [4.78, 5) is 0. The van der Waals surface area contributed by atoms with Gasteiger partial charge in [0.1, 0.15) is 14.9 Å². The Morgan fingerprint density at radius 3 is 1.97 bits per heavy atom. The number of ether oxygens (including phenoxy) is 2. The Morgan fingerprint density at radius 2 is 1.52 bits per heavy atom. The molecule has 0 N–H and O–H groups in total. The summed E-state index contributed by atoms with van der Waals surface area (Å²) >= 11 is 0. The van der Waals surface area contributed by atoms with E-state index < -0.39 is 8.07 Å². The van der Waals surface area contributed by atoms with Crippen LogP contribution in [0.15, 0.2) is 47.6 Å². The molecule has 2 nitrogen and oxygen atoms in total. The van der Waals surface area contributed by atoms with Gasteiger partial charge in [-0.15, -0.1) is 5.54 Å². The molecule has 0 aliphatic rings. The van der Waals surface area contributed by atoms with E-state index in [0.717, 1.165) is 12.8 Å². The third kappa shape index (κ3) is 7.21. The van der Waals surface area contributed by atoms with Crippen LogP contribution in [0.2, 0.25) is 16.6 Å². The fourth-order valence-corrected chi connectivity index (χ4v) is 10.1. The maximum absolute atomic E-state index is 5.60. The molecule has 172 valence electrons. The van der Waals surface area contributed by atoms with Crippen LogP contribution in [0, 0.1) is 11.5 Å². The van der Waals surface area contributed by atoms with E-state index >= 15 is 0 Å². The van der Waals surface area contributed by atoms with Gasteiger partial charge in [-0.3, -0.25) is 0 Å². The topological polar surface area (TPSA) is 18.5 Å². The fourth-order valence-electron chi connectivity index (χ4n) is 4.87. The molecule has 0 bridgehead atoms. The van der Waals surface area contributed by atoms with Crippen molar-refractivity contribution in [3.63, 3.8) is 0 Å². The number of rotatable bonds is 11. The van der Waals surface area contributed by atoms with E-state index in [4.69, 9.17) is 9.47 Å². The molecule has 0 saturated heterocycles. The first kappa shape index (κ1) is 27.4. The van der Waals surface area contributed by atoms with E-state index in [2.05, 4.69) is 103 Å². The molecular formula is C28H44O2Si. The maximum Gasteiger partial charge on any atom is 0.146 e. The standard InChI is InChI=1S/C28H44O2Si/c1-10-25(18-20-31(22(3)4,23(5)6)24(7)8)27(11-2)28(17-19-30-21-29-9)26-15-13-12-14-16-26/h12-17,22-24H,10-11,19,21H2,1-9H3/b27-25-,28-17+. The molecule has 0 spiro atoms. The van der Waals surface area contributed by atoms with E-state index in [-0.39, 0.29) is 0 Å². The van der Waals surface area contributed by atoms with E-state index in [0.29, 0.717) is 30.0 Å². The van der Waals surface area contributed by atoms with Gasteiger partial charge in [-0.25, -0.2) is 0 Å². The number of benzene rings is 1. The van der Waals surface area contributed by atoms with Gasteiger partial charge in [0.2, 0.25) is 0 Å². The van der Waals surface area contributed by atoms with Crippen molar-refractivity contribution in [1.82, 2.24) is 0 Å². The van der Waals surface area contributed by atoms with Gasteiger partial charge in [0, 0.05) is 12.7 Å². The van der Waals surface area contributed by atoms with Crippen LogP contribution in [-0.4, -0.2) is 28.6 Å². The van der Waals surface area contributed by atoms with Crippen molar-refractivity contribution in [3.05, 3.63) is 53.1 Å². The van der Waals surface area contributed by atoms with Crippen molar-refractivity contribution in [1.29, 1.82) is 0 Å². The van der Waals surface area contributed by atoms with E-state index in [1.165, 1.54) is 22.3 Å². The number of hydrogen-bond acceptors (Lipinski definition) is 2. The summed E-state index contributed by atoms with van der Waals surface area (Å²) in [5, 5.41) is 0. The zero-order valence-electron chi connectivity index (χ0n) is 21.3. The smallest absolute Gasteiger partial charge is 0.146 e. The summed E-state index contributed by atoms with van der Waals surface area (Å²) in [6.07, 6.45) is 4.07. The summed E-state index contributed by atoms with van der Waals surface area (Å²) in [5.41, 5.74) is 10.9. The summed E-state index contributed by atoms with van der Waals surface area (Å²) < 4.78 is 10.6. The Bertz CT molecular complexity index is 754. The quantitative estimate of drug-likeness (QED) is 0.114. The third-order valence-electron chi connectivity index (χ3n) is 6.38. The molecule has 1 aromatic carbocycles. The minimum Gasteiger partial charge on any atom is -0.359 e. The molecule has 1 rings (SSSR count). The summed E-state index contributed by atoms with van der Waals surface area (Å²) in [6, 6.07) is 10.6. The lowest BCUT2D eigenvalue weighted by Gasteiger charge is -2.38. The zero-order valence-corrected chi connectivity index (χ0v) is 22.3. The molecule has 0 amide bonds. The van der Waals surface area contributed by atoms with Crippen LogP contribution in [0.1, 0.15) is 73.8 Å². The molecule has 3 heteroatoms. The summed E-state index contributed by atoms with van der Waals surface area (Å²) in [6.45, 7) is 19.5. The highest BCUT2D eigenvalue weighted by atomic mass is 28.3. The van der Waals surface area contributed by atoms with Crippen LogP contribution >= 0.6 is 0 Å². The van der Waals surface area contributed by atoms with Gasteiger partial charge in [-0.05, 0) is 46.2 Å². The Hall–Kier alpha value is -1.60. The van der Waals surface area contributed by atoms with Gasteiger partial charge < -0.3 is 9.47 Å². The van der Waals surface area contributed by atoms with E-state index in [1.54, 1.807) is 7.11 Å². The second kappa shape index (κ2) is 13.7. The highest BCUT2D eigenvalue weighted by Gasteiger charge is 2.41. The first-order valence-electron chi connectivity index (χ1n) is 11.8. The van der Waals surface area contributed by atoms with Gasteiger partial charge in [0.05, 0.1) is 6.61 Å². The van der Waals surface area contributed by atoms with Crippen LogP contribution in [0.5, 0.6) is 0 Å². The first-order chi connectivity index (χ1) is 14.8. The first-order valence-corrected chi connectivity index (χ1v) is 14.1. The second-order valence-electron chi connectivity index (χ2n) is 9.07. The normalized spacial score (nSPS) is 13.5. The highest BCUT2D eigenvalue weighted by Crippen LogP contribution is 2.41. The van der Waals surface area contributed by atoms with Gasteiger partial charge >= 0.3 is 0 Å². The predicted molar refractivity (Wildman–Crippen MR) is 139 cm³/mol. The Balaban J connectivity index is 3.61. The number of allylic oxidation sites excluding steroid dienone is 3. The fraction of sp³-hybridized carbons (Fsp3) is 0.571. The van der Waals surface area contributed by atoms with Crippen molar-refractivity contribution in [3.8, 4) is 11.5 Å². The van der Waals surface area contributed by atoms with Crippen molar-refractivity contribution in [2.24, 2.45) is 0 Å². The summed E-state index contributed by atoms with van der Waals surface area (Å²) in [7, 11) is -0.120. The largest absolute Gasteiger partial charge is 0.359 e. The Morgan fingerprint density at radius 1 is 0.935 bits per heavy atom. The predicted octanol–water partition coefficient (Wildman–Crippen LogP) is 8.03. The van der Waals surface area contributed by atoms with E-state index in [9.17, 15) is 0 Å². The molecule has 0 radical (unpaired) electrons. The van der Waals surface area contributed by atoms with Crippen molar-refractivity contribution < 1.29 is 9.47 Å². The van der Waals surface area contributed by atoms with Crippen LogP contribution in [0.4, 0.5) is 0 Å². The van der Waals surface area contributed by atoms with Crippen molar-refractivity contribution >= 4 is 13.6 Å². The SMILES string of the molecule is CC/C(C#C[Si](C(C)C)(C(C)C)C(C)C)=C(CC)/C(=C/COCOC)c1ccccc1. The minimum absolute atomic E-state index is 0.301. The number of hydrogen-bond donors (Lipinski definition) is 0. The van der Waals surface area contributed by atoms with Crippen LogP contribution in [0.25, 0.3) is 5.57 Å². The average molecular weight is 441 g/mol. The average Bonchev–Trinajstić information content (AvgIpc) is 2.74. The van der Waals surface area contributed by atoms with Crippen molar-refractivity contribution in [2.75, 3.05) is 20.5 Å². The molecule has 31 heavy (non-hydrogen) atoms. The Kier molecular flexibility index (Phi) is 12.2. The molecule has 1 aromatic rings. The monoisotopic (exact) mass is 440 g/mol. The van der Waals surface area contributed by atoms with Crippen molar-refractivity contribution in [2.45, 2.75) is 84.9 Å². The van der Waals surface area contributed by atoms with Gasteiger partial charge in [-0.1, -0.05) is 97.7 Å². The second-order valence-corrected chi connectivity index (χ2v) is 14.7. The lowest BCUT2D eigenvalue weighted by molar-refractivity contribution is -0.0185. The Labute approximate surface area is 193 Å². The van der Waals surface area contributed by atoms with Crippen LogP contribution < -0.4 is 0 Å². The number of methoxy groups -OCH3 is 1. The van der Waals surface area contributed by atoms with E-state index in [1.807, 2.05) is 0 Å². The molecule has 0 fully saturated rings. The lowest BCUT2D eigenvalue weighted by Crippen LogP contribution is -2.43. The molecule has 0 aliphatic carbocycles. The van der Waals surface area contributed by atoms with Gasteiger partial charge in [0.15, 0.2) is 0 Å². The molecule has 0 aliphatic heterocycles. The van der Waals surface area contributed by atoms with Gasteiger partial charge in [-0.2, -0.15) is 0 Å². The van der Waals surface area contributed by atoms with Crippen LogP contribution in [-0.2, 0) is 9.47 Å². The molecule has 0 heterocycles.